The van der Waals surface area contributed by atoms with Crippen LogP contribution in [0.25, 0.3) is 10.8 Å². The second kappa shape index (κ2) is 13.0. The average Bonchev–Trinajstić information content (AvgIpc) is 3.19. The van der Waals surface area contributed by atoms with Crippen molar-refractivity contribution in [1.82, 2.24) is 10.2 Å². The molecule has 4 aromatic carbocycles. The largest absolute Gasteiger partial charge is 0.352 e. The van der Waals surface area contributed by atoms with Gasteiger partial charge in [-0.3, -0.25) is 13.9 Å². The highest BCUT2D eigenvalue weighted by Crippen LogP contribution is 2.42. The van der Waals surface area contributed by atoms with E-state index in [-0.39, 0.29) is 55.1 Å². The maximum atomic E-state index is 14.0. The van der Waals surface area contributed by atoms with Crippen LogP contribution in [0.3, 0.4) is 0 Å². The Kier molecular flexibility index (Phi) is 9.30. The predicted octanol–water partition coefficient (Wildman–Crippen LogP) is 6.60. The summed E-state index contributed by atoms with van der Waals surface area (Å²) in [5.74, 6) is -0.595. The van der Waals surface area contributed by atoms with Crippen molar-refractivity contribution in [3.63, 3.8) is 0 Å². The van der Waals surface area contributed by atoms with E-state index in [9.17, 15) is 18.0 Å². The van der Waals surface area contributed by atoms with Crippen LogP contribution >= 0.6 is 23.2 Å². The molecule has 1 aliphatic rings. The van der Waals surface area contributed by atoms with Crippen molar-refractivity contribution in [2.24, 2.45) is 0 Å². The quantitative estimate of drug-likeness (QED) is 0.201. The second-order valence-corrected chi connectivity index (χ2v) is 13.5. The van der Waals surface area contributed by atoms with E-state index < -0.39 is 16.1 Å². The lowest BCUT2D eigenvalue weighted by Crippen LogP contribution is -2.52. The molecule has 1 unspecified atom stereocenters. The van der Waals surface area contributed by atoms with E-state index in [1.165, 1.54) is 9.21 Å². The number of sulfonamides is 1. The number of halogens is 2. The van der Waals surface area contributed by atoms with Gasteiger partial charge in [-0.15, -0.1) is 0 Å². The molecule has 1 atom stereocenters. The number of nitrogens with zero attached hydrogens (tertiary/aromatic N) is 2. The molecule has 0 aliphatic carbocycles. The summed E-state index contributed by atoms with van der Waals surface area (Å²) in [5.41, 5.74) is 2.04. The fourth-order valence-electron chi connectivity index (χ4n) is 5.50. The minimum absolute atomic E-state index is 0.0145. The van der Waals surface area contributed by atoms with Crippen LogP contribution in [0, 0.1) is 0 Å². The molecule has 0 fully saturated rings. The van der Waals surface area contributed by atoms with Crippen LogP contribution in [-0.2, 0) is 32.6 Å². The molecule has 1 N–H and O–H groups in total. The van der Waals surface area contributed by atoms with Crippen LogP contribution in [0.15, 0.2) is 89.8 Å². The van der Waals surface area contributed by atoms with E-state index in [0.717, 1.165) is 10.9 Å². The molecule has 0 bridgehead atoms. The Hall–Kier alpha value is -3.59. The minimum atomic E-state index is -3.75. The molecule has 10 heteroatoms. The molecular formula is C33H33Cl2N3O4S. The van der Waals surface area contributed by atoms with Gasteiger partial charge in [0.2, 0.25) is 11.8 Å². The third-order valence-electron chi connectivity index (χ3n) is 7.53. The van der Waals surface area contributed by atoms with Crippen molar-refractivity contribution in [2.45, 2.75) is 56.6 Å². The molecule has 2 amide bonds. The Bertz CT molecular complexity index is 1740. The monoisotopic (exact) mass is 637 g/mol. The first kappa shape index (κ1) is 30.9. The highest BCUT2D eigenvalue weighted by Gasteiger charge is 2.36. The molecule has 0 radical (unpaired) electrons. The fraction of sp³-hybridized carbons (Fsp3) is 0.273. The number of anilines is 1. The van der Waals surface area contributed by atoms with E-state index >= 15 is 0 Å². The Balaban J connectivity index is 1.42. The number of amides is 2. The topological polar surface area (TPSA) is 86.8 Å². The van der Waals surface area contributed by atoms with Gasteiger partial charge in [0.25, 0.3) is 10.0 Å². The first-order chi connectivity index (χ1) is 20.6. The second-order valence-electron chi connectivity index (χ2n) is 10.9. The third kappa shape index (κ3) is 6.51. The Morgan fingerprint density at radius 3 is 2.21 bits per heavy atom. The summed E-state index contributed by atoms with van der Waals surface area (Å²) in [6.45, 7) is 3.87. The molecule has 0 saturated heterocycles. The zero-order valence-corrected chi connectivity index (χ0v) is 26.3. The Labute approximate surface area is 262 Å². The Morgan fingerprint density at radius 1 is 0.884 bits per heavy atom. The summed E-state index contributed by atoms with van der Waals surface area (Å²) in [7, 11) is -3.75. The van der Waals surface area contributed by atoms with Crippen molar-refractivity contribution in [1.29, 1.82) is 0 Å². The van der Waals surface area contributed by atoms with Gasteiger partial charge in [-0.1, -0.05) is 83.9 Å². The molecule has 1 aliphatic heterocycles. The van der Waals surface area contributed by atoms with Gasteiger partial charge in [0.1, 0.15) is 6.04 Å². The number of nitrogens with one attached hydrogen (secondary N) is 1. The van der Waals surface area contributed by atoms with Gasteiger partial charge in [-0.25, -0.2) is 8.42 Å². The zero-order valence-electron chi connectivity index (χ0n) is 24.0. The maximum absolute atomic E-state index is 14.0. The smallest absolute Gasteiger partial charge is 0.265 e. The number of benzene rings is 4. The SMILES string of the molecule is CC(C)NC(=O)C(Cc1ccccc1)N(Cc1c(Cl)cccc1Cl)C(=O)CCCN1c2cccc3cccc(c23)S1(=O)=O. The molecule has 5 rings (SSSR count). The summed E-state index contributed by atoms with van der Waals surface area (Å²) >= 11 is 13.0. The number of rotatable bonds is 11. The van der Waals surface area contributed by atoms with Crippen LogP contribution in [0.4, 0.5) is 5.69 Å². The molecule has 1 heterocycles. The van der Waals surface area contributed by atoms with Gasteiger partial charge in [0.05, 0.1) is 10.6 Å². The highest BCUT2D eigenvalue weighted by molar-refractivity contribution is 7.93. The first-order valence-corrected chi connectivity index (χ1v) is 16.4. The van der Waals surface area contributed by atoms with E-state index in [0.29, 0.717) is 26.7 Å². The van der Waals surface area contributed by atoms with Gasteiger partial charge in [-0.2, -0.15) is 0 Å². The van der Waals surface area contributed by atoms with Gasteiger partial charge in [-0.05, 0) is 55.5 Å². The first-order valence-electron chi connectivity index (χ1n) is 14.2. The van der Waals surface area contributed by atoms with Crippen LogP contribution in [0.1, 0.15) is 37.8 Å². The third-order valence-corrected chi connectivity index (χ3v) is 10.1. The van der Waals surface area contributed by atoms with E-state index in [4.69, 9.17) is 23.2 Å². The molecule has 0 aromatic heterocycles. The predicted molar refractivity (Wildman–Crippen MR) is 172 cm³/mol. The molecular weight excluding hydrogens is 605 g/mol. The van der Waals surface area contributed by atoms with E-state index in [2.05, 4.69) is 5.32 Å². The van der Waals surface area contributed by atoms with Gasteiger partial charge in [0, 0.05) is 53.0 Å². The van der Waals surface area contributed by atoms with E-state index in [1.54, 1.807) is 36.4 Å². The molecule has 0 spiro atoms. The lowest BCUT2D eigenvalue weighted by Gasteiger charge is -2.33. The van der Waals surface area contributed by atoms with Gasteiger partial charge < -0.3 is 10.2 Å². The van der Waals surface area contributed by atoms with Gasteiger partial charge in [0.15, 0.2) is 0 Å². The summed E-state index contributed by atoms with van der Waals surface area (Å²) < 4.78 is 28.3. The molecule has 0 saturated carbocycles. The zero-order chi connectivity index (χ0) is 30.7. The summed E-state index contributed by atoms with van der Waals surface area (Å²) in [4.78, 5) is 29.4. The van der Waals surface area contributed by atoms with Crippen LogP contribution in [0.2, 0.25) is 10.0 Å². The Morgan fingerprint density at radius 2 is 1.53 bits per heavy atom. The standard InChI is InChI=1S/C33H33Cl2N3O4S/c1-22(2)36-33(40)29(20-23-10-4-3-5-11-23)37(21-25-26(34)14-8-15-27(25)35)31(39)18-9-19-38-28-16-6-12-24-13-7-17-30(32(24)28)43(38,41)42/h3-8,10-17,22,29H,9,18-21H2,1-2H3,(H,36,40). The summed E-state index contributed by atoms with van der Waals surface area (Å²) in [6, 6.07) is 24.4. The number of hydrogen-bond donors (Lipinski definition) is 1. The van der Waals surface area contributed by atoms with Crippen LogP contribution < -0.4 is 9.62 Å². The van der Waals surface area contributed by atoms with Crippen LogP contribution in [-0.4, -0.2) is 43.8 Å². The fourth-order valence-corrected chi connectivity index (χ4v) is 7.77. The van der Waals surface area contributed by atoms with Crippen LogP contribution in [0.5, 0.6) is 0 Å². The summed E-state index contributed by atoms with van der Waals surface area (Å²) in [6.07, 6.45) is 0.546. The molecule has 4 aromatic rings. The highest BCUT2D eigenvalue weighted by atomic mass is 35.5. The number of carbonyl (C=O) groups is 2. The minimum Gasteiger partial charge on any atom is -0.352 e. The molecule has 43 heavy (non-hydrogen) atoms. The number of hydrogen-bond acceptors (Lipinski definition) is 4. The van der Waals surface area contributed by atoms with Gasteiger partial charge >= 0.3 is 0 Å². The van der Waals surface area contributed by atoms with Crippen molar-refractivity contribution in [2.75, 3.05) is 10.8 Å². The van der Waals surface area contributed by atoms with Crippen molar-refractivity contribution >= 4 is 61.5 Å². The lowest BCUT2D eigenvalue weighted by molar-refractivity contribution is -0.141. The normalized spacial score (nSPS) is 14.2. The average molecular weight is 639 g/mol. The lowest BCUT2D eigenvalue weighted by atomic mass is 10.0. The van der Waals surface area contributed by atoms with Crippen molar-refractivity contribution in [3.05, 3.63) is 106 Å². The molecule has 224 valence electrons. The van der Waals surface area contributed by atoms with Crippen molar-refractivity contribution < 1.29 is 18.0 Å². The number of carbonyl (C=O) groups excluding carboxylic acids is 2. The van der Waals surface area contributed by atoms with Crippen molar-refractivity contribution in [3.8, 4) is 0 Å². The van der Waals surface area contributed by atoms with E-state index in [1.807, 2.05) is 62.4 Å². The maximum Gasteiger partial charge on any atom is 0.265 e. The molecule has 7 nitrogen and oxygen atoms in total. The summed E-state index contributed by atoms with van der Waals surface area (Å²) in [5, 5.41) is 5.28.